The van der Waals surface area contributed by atoms with Crippen LogP contribution in [0.5, 0.6) is 0 Å². The molecule has 2 rings (SSSR count). The van der Waals surface area contributed by atoms with Gasteiger partial charge in [-0.15, -0.1) is 0 Å². The van der Waals surface area contributed by atoms with Crippen LogP contribution in [0.4, 0.5) is 4.39 Å². The van der Waals surface area contributed by atoms with Crippen LogP contribution < -0.4 is 0 Å². The number of likely N-dealkylation sites (N-methyl/N-ethyl adjacent to an activating group) is 1. The van der Waals surface area contributed by atoms with Gasteiger partial charge in [-0.25, -0.2) is 4.39 Å². The zero-order chi connectivity index (χ0) is 13.9. The number of ether oxygens (including phenoxy) is 1. The standard InChI is InChI=1S/C14H19ClFNO2/c1-17(10-14(18)4-6-19-7-5-14)9-11-2-3-12(15)8-13(11)16/h2-3,8,18H,4-7,9-10H2,1H3. The maximum absolute atomic E-state index is 13.7. The van der Waals surface area contributed by atoms with Gasteiger partial charge in [-0.05, 0) is 19.2 Å². The average molecular weight is 288 g/mol. The molecule has 0 unspecified atom stereocenters. The number of halogens is 2. The zero-order valence-electron chi connectivity index (χ0n) is 11.0. The van der Waals surface area contributed by atoms with Gasteiger partial charge < -0.3 is 9.84 Å². The topological polar surface area (TPSA) is 32.7 Å². The van der Waals surface area contributed by atoms with Gasteiger partial charge in [0.2, 0.25) is 0 Å². The van der Waals surface area contributed by atoms with E-state index in [1.165, 1.54) is 6.07 Å². The van der Waals surface area contributed by atoms with Gasteiger partial charge in [0, 0.05) is 49.7 Å². The Morgan fingerprint density at radius 3 is 2.74 bits per heavy atom. The summed E-state index contributed by atoms with van der Waals surface area (Å²) in [5.74, 6) is -0.307. The zero-order valence-corrected chi connectivity index (χ0v) is 11.8. The fourth-order valence-corrected chi connectivity index (χ4v) is 2.57. The Morgan fingerprint density at radius 2 is 2.11 bits per heavy atom. The quantitative estimate of drug-likeness (QED) is 0.923. The van der Waals surface area contributed by atoms with Crippen LogP contribution in [-0.4, -0.2) is 42.4 Å². The Bertz CT molecular complexity index is 435. The first kappa shape index (κ1) is 14.7. The maximum Gasteiger partial charge on any atom is 0.129 e. The van der Waals surface area contributed by atoms with Gasteiger partial charge in [-0.3, -0.25) is 4.90 Å². The van der Waals surface area contributed by atoms with Crippen molar-refractivity contribution in [2.75, 3.05) is 26.8 Å². The fraction of sp³-hybridized carbons (Fsp3) is 0.571. The van der Waals surface area contributed by atoms with Gasteiger partial charge in [0.05, 0.1) is 5.60 Å². The number of nitrogens with zero attached hydrogens (tertiary/aromatic N) is 1. The van der Waals surface area contributed by atoms with Gasteiger partial charge >= 0.3 is 0 Å². The molecule has 1 N–H and O–H groups in total. The second-order valence-corrected chi connectivity index (χ2v) is 5.68. The van der Waals surface area contributed by atoms with E-state index >= 15 is 0 Å². The van der Waals surface area contributed by atoms with Gasteiger partial charge in [0.25, 0.3) is 0 Å². The second kappa shape index (κ2) is 6.18. The summed E-state index contributed by atoms with van der Waals surface area (Å²) in [6, 6.07) is 4.67. The van der Waals surface area contributed by atoms with Crippen LogP contribution in [0.25, 0.3) is 0 Å². The summed E-state index contributed by atoms with van der Waals surface area (Å²) < 4.78 is 18.9. The lowest BCUT2D eigenvalue weighted by Crippen LogP contribution is -2.45. The van der Waals surface area contributed by atoms with Crippen molar-refractivity contribution < 1.29 is 14.2 Å². The van der Waals surface area contributed by atoms with Crippen molar-refractivity contribution in [3.63, 3.8) is 0 Å². The van der Waals surface area contributed by atoms with E-state index in [4.69, 9.17) is 16.3 Å². The average Bonchev–Trinajstić information content (AvgIpc) is 2.33. The summed E-state index contributed by atoms with van der Waals surface area (Å²) in [4.78, 5) is 1.93. The van der Waals surface area contributed by atoms with Crippen LogP contribution in [0, 0.1) is 5.82 Å². The third kappa shape index (κ3) is 4.14. The van der Waals surface area contributed by atoms with E-state index < -0.39 is 5.60 Å². The second-order valence-electron chi connectivity index (χ2n) is 5.24. The highest BCUT2D eigenvalue weighted by Crippen LogP contribution is 2.22. The van der Waals surface area contributed by atoms with Crippen molar-refractivity contribution in [2.45, 2.75) is 25.0 Å². The molecule has 1 aromatic rings. The number of aliphatic hydroxyl groups is 1. The molecule has 0 aliphatic carbocycles. The molecule has 1 aliphatic heterocycles. The lowest BCUT2D eigenvalue weighted by molar-refractivity contribution is -0.0778. The minimum Gasteiger partial charge on any atom is -0.388 e. The molecular weight excluding hydrogens is 269 g/mol. The molecule has 0 radical (unpaired) electrons. The molecule has 0 atom stereocenters. The predicted molar refractivity (Wildman–Crippen MR) is 72.7 cm³/mol. The summed E-state index contributed by atoms with van der Waals surface area (Å²) >= 11 is 5.72. The van der Waals surface area contributed by atoms with Crippen molar-refractivity contribution in [3.8, 4) is 0 Å². The highest BCUT2D eigenvalue weighted by Gasteiger charge is 2.31. The van der Waals surface area contributed by atoms with Crippen molar-refractivity contribution in [1.29, 1.82) is 0 Å². The number of hydrogen-bond acceptors (Lipinski definition) is 3. The Kier molecular flexibility index (Phi) is 4.79. The van der Waals surface area contributed by atoms with Crippen molar-refractivity contribution in [2.24, 2.45) is 0 Å². The molecular formula is C14H19ClFNO2. The third-order valence-corrected chi connectivity index (χ3v) is 3.68. The summed E-state index contributed by atoms with van der Waals surface area (Å²) in [6.07, 6.45) is 1.25. The van der Waals surface area contributed by atoms with E-state index in [1.54, 1.807) is 12.1 Å². The number of hydrogen-bond donors (Lipinski definition) is 1. The molecule has 0 saturated carbocycles. The van der Waals surface area contributed by atoms with E-state index in [1.807, 2.05) is 11.9 Å². The first-order valence-electron chi connectivity index (χ1n) is 6.41. The molecule has 0 bridgehead atoms. The van der Waals surface area contributed by atoms with Crippen molar-refractivity contribution >= 4 is 11.6 Å². The molecule has 1 aliphatic rings. The predicted octanol–water partition coefficient (Wildman–Crippen LogP) is 2.45. The summed E-state index contributed by atoms with van der Waals surface area (Å²) in [7, 11) is 1.88. The molecule has 5 heteroatoms. The lowest BCUT2D eigenvalue weighted by Gasteiger charge is -2.35. The largest absolute Gasteiger partial charge is 0.388 e. The van der Waals surface area contributed by atoms with E-state index in [9.17, 15) is 9.50 Å². The normalized spacial score (nSPS) is 18.8. The monoisotopic (exact) mass is 287 g/mol. The van der Waals surface area contributed by atoms with E-state index in [-0.39, 0.29) is 5.82 Å². The molecule has 106 valence electrons. The first-order valence-corrected chi connectivity index (χ1v) is 6.79. The van der Waals surface area contributed by atoms with Crippen molar-refractivity contribution in [3.05, 3.63) is 34.6 Å². The molecule has 3 nitrogen and oxygen atoms in total. The van der Waals surface area contributed by atoms with Crippen LogP contribution in [-0.2, 0) is 11.3 Å². The highest BCUT2D eigenvalue weighted by molar-refractivity contribution is 6.30. The van der Waals surface area contributed by atoms with Gasteiger partial charge in [0.1, 0.15) is 5.82 Å². The molecule has 1 aromatic carbocycles. The van der Waals surface area contributed by atoms with Gasteiger partial charge in [0.15, 0.2) is 0 Å². The molecule has 1 saturated heterocycles. The SMILES string of the molecule is CN(Cc1ccc(Cl)cc1F)CC1(O)CCOCC1. The summed E-state index contributed by atoms with van der Waals surface area (Å²) in [5, 5.41) is 10.8. The van der Waals surface area contributed by atoms with Gasteiger partial charge in [-0.1, -0.05) is 17.7 Å². The molecule has 0 aromatic heterocycles. The lowest BCUT2D eigenvalue weighted by atomic mass is 9.94. The Hall–Kier alpha value is -0.680. The molecule has 0 amide bonds. The van der Waals surface area contributed by atoms with E-state index in [0.717, 1.165) is 0 Å². The van der Waals surface area contributed by atoms with Crippen LogP contribution in [0.3, 0.4) is 0 Å². The summed E-state index contributed by atoms with van der Waals surface area (Å²) in [6.45, 7) is 2.13. The Balaban J connectivity index is 1.95. The smallest absolute Gasteiger partial charge is 0.129 e. The maximum atomic E-state index is 13.7. The van der Waals surface area contributed by atoms with Gasteiger partial charge in [-0.2, -0.15) is 0 Å². The highest BCUT2D eigenvalue weighted by atomic mass is 35.5. The minimum absolute atomic E-state index is 0.307. The van der Waals surface area contributed by atoms with E-state index in [0.29, 0.717) is 49.7 Å². The number of rotatable bonds is 4. The molecule has 1 fully saturated rings. The molecule has 1 heterocycles. The van der Waals surface area contributed by atoms with Crippen LogP contribution in [0.2, 0.25) is 5.02 Å². The Morgan fingerprint density at radius 1 is 1.42 bits per heavy atom. The molecule has 19 heavy (non-hydrogen) atoms. The third-order valence-electron chi connectivity index (χ3n) is 3.44. The van der Waals surface area contributed by atoms with Crippen molar-refractivity contribution in [1.82, 2.24) is 4.90 Å². The van der Waals surface area contributed by atoms with Crippen LogP contribution >= 0.6 is 11.6 Å². The first-order chi connectivity index (χ1) is 8.98. The minimum atomic E-state index is -0.726. The number of benzene rings is 1. The summed E-state index contributed by atoms with van der Waals surface area (Å²) in [5.41, 5.74) is -0.141. The Labute approximate surface area is 117 Å². The molecule has 0 spiro atoms. The van der Waals surface area contributed by atoms with Crippen LogP contribution in [0.15, 0.2) is 18.2 Å². The van der Waals surface area contributed by atoms with Crippen LogP contribution in [0.1, 0.15) is 18.4 Å². The van der Waals surface area contributed by atoms with E-state index in [2.05, 4.69) is 0 Å². The fourth-order valence-electron chi connectivity index (χ4n) is 2.41.